The molecule has 0 saturated carbocycles. The van der Waals surface area contributed by atoms with Crippen LogP contribution in [-0.4, -0.2) is 48.3 Å². The zero-order valence-electron chi connectivity index (χ0n) is 14.6. The molecule has 0 aliphatic carbocycles. The molecular formula is C18H21BrN2O5. The summed E-state index contributed by atoms with van der Waals surface area (Å²) in [4.78, 5) is 12.2. The number of nitro benzene ring substituents is 1. The monoisotopic (exact) mass is 424 g/mol. The summed E-state index contributed by atoms with van der Waals surface area (Å²) in [5.74, 6) is 1.14. The lowest BCUT2D eigenvalue weighted by molar-refractivity contribution is -0.384. The maximum Gasteiger partial charge on any atom is 0.273 e. The zero-order valence-corrected chi connectivity index (χ0v) is 16.2. The summed E-state index contributed by atoms with van der Waals surface area (Å²) in [7, 11) is 3.51. The predicted octanol–water partition coefficient (Wildman–Crippen LogP) is 3.24. The summed E-state index contributed by atoms with van der Waals surface area (Å²) < 4.78 is 11.8. The molecule has 0 heterocycles. The Morgan fingerprint density at radius 1 is 1.31 bits per heavy atom. The Morgan fingerprint density at radius 3 is 2.77 bits per heavy atom. The smallest absolute Gasteiger partial charge is 0.273 e. The Hall–Kier alpha value is -2.16. The van der Waals surface area contributed by atoms with Crippen LogP contribution in [0.2, 0.25) is 0 Å². The van der Waals surface area contributed by atoms with E-state index >= 15 is 0 Å². The van der Waals surface area contributed by atoms with E-state index in [4.69, 9.17) is 9.47 Å². The molecule has 8 heteroatoms. The molecule has 26 heavy (non-hydrogen) atoms. The first-order chi connectivity index (χ1) is 12.4. The van der Waals surface area contributed by atoms with E-state index in [1.807, 2.05) is 30.1 Å². The summed E-state index contributed by atoms with van der Waals surface area (Å²) in [5, 5.41) is 20.9. The number of methoxy groups -OCH3 is 1. The van der Waals surface area contributed by atoms with Gasteiger partial charge in [-0.3, -0.25) is 15.0 Å². The minimum absolute atomic E-state index is 0.0428. The van der Waals surface area contributed by atoms with E-state index in [0.717, 1.165) is 15.8 Å². The van der Waals surface area contributed by atoms with Gasteiger partial charge in [-0.25, -0.2) is 0 Å². The van der Waals surface area contributed by atoms with Crippen molar-refractivity contribution in [2.75, 3.05) is 27.3 Å². The molecule has 0 saturated heterocycles. The highest BCUT2D eigenvalue weighted by Crippen LogP contribution is 2.24. The van der Waals surface area contributed by atoms with Gasteiger partial charge in [0.25, 0.3) is 5.69 Å². The van der Waals surface area contributed by atoms with E-state index in [2.05, 4.69) is 15.9 Å². The van der Waals surface area contributed by atoms with Crippen LogP contribution < -0.4 is 9.47 Å². The molecule has 1 atom stereocenters. The highest BCUT2D eigenvalue weighted by molar-refractivity contribution is 9.10. The first kappa shape index (κ1) is 20.2. The van der Waals surface area contributed by atoms with Crippen molar-refractivity contribution >= 4 is 21.6 Å². The molecule has 1 unspecified atom stereocenters. The number of aliphatic hydroxyl groups is 1. The van der Waals surface area contributed by atoms with Gasteiger partial charge >= 0.3 is 0 Å². The third kappa shape index (κ3) is 5.98. The van der Waals surface area contributed by atoms with Crippen molar-refractivity contribution in [3.63, 3.8) is 0 Å². The fourth-order valence-electron chi connectivity index (χ4n) is 2.52. The quantitative estimate of drug-likeness (QED) is 0.491. The molecule has 2 rings (SSSR count). The Kier molecular flexibility index (Phi) is 7.38. The lowest BCUT2D eigenvalue weighted by Crippen LogP contribution is -2.32. The first-order valence-corrected chi connectivity index (χ1v) is 8.74. The SMILES string of the molecule is COc1ccc(Br)cc1CN(C)CC(O)COc1cccc([N+](=O)[O-])c1. The van der Waals surface area contributed by atoms with E-state index < -0.39 is 11.0 Å². The summed E-state index contributed by atoms with van der Waals surface area (Å²) in [5.41, 5.74) is 0.951. The van der Waals surface area contributed by atoms with Crippen LogP contribution in [0.1, 0.15) is 5.56 Å². The van der Waals surface area contributed by atoms with Gasteiger partial charge in [0.2, 0.25) is 0 Å². The van der Waals surface area contributed by atoms with Crippen molar-refractivity contribution < 1.29 is 19.5 Å². The topological polar surface area (TPSA) is 85.1 Å². The average Bonchev–Trinajstić information content (AvgIpc) is 2.60. The lowest BCUT2D eigenvalue weighted by atomic mass is 10.2. The number of nitrogens with zero attached hydrogens (tertiary/aromatic N) is 2. The number of non-ortho nitro benzene ring substituents is 1. The third-order valence-corrected chi connectivity index (χ3v) is 4.17. The third-order valence-electron chi connectivity index (χ3n) is 3.68. The second-order valence-electron chi connectivity index (χ2n) is 5.87. The van der Waals surface area contributed by atoms with Gasteiger partial charge in [0.1, 0.15) is 24.2 Å². The van der Waals surface area contributed by atoms with E-state index in [9.17, 15) is 15.2 Å². The number of nitro groups is 1. The first-order valence-electron chi connectivity index (χ1n) is 7.95. The molecule has 7 nitrogen and oxygen atoms in total. The largest absolute Gasteiger partial charge is 0.496 e. The van der Waals surface area contributed by atoms with Gasteiger partial charge in [0.15, 0.2) is 0 Å². The van der Waals surface area contributed by atoms with Crippen LogP contribution in [0, 0.1) is 10.1 Å². The lowest BCUT2D eigenvalue weighted by Gasteiger charge is -2.22. The van der Waals surface area contributed by atoms with Gasteiger partial charge in [-0.05, 0) is 31.3 Å². The molecule has 1 N–H and O–H groups in total. The van der Waals surface area contributed by atoms with Crippen LogP contribution in [0.25, 0.3) is 0 Å². The number of hydrogen-bond donors (Lipinski definition) is 1. The zero-order chi connectivity index (χ0) is 19.1. The van der Waals surface area contributed by atoms with Crippen molar-refractivity contribution in [3.05, 3.63) is 62.6 Å². The van der Waals surface area contributed by atoms with Gasteiger partial charge in [-0.2, -0.15) is 0 Å². The van der Waals surface area contributed by atoms with Crippen molar-refractivity contribution in [2.45, 2.75) is 12.6 Å². The molecule has 0 radical (unpaired) electrons. The minimum Gasteiger partial charge on any atom is -0.496 e. The summed E-state index contributed by atoms with van der Waals surface area (Å²) in [6.07, 6.45) is -0.739. The molecule has 0 bridgehead atoms. The van der Waals surface area contributed by atoms with Crippen LogP contribution >= 0.6 is 15.9 Å². The Labute approximate surface area is 160 Å². The van der Waals surface area contributed by atoms with Gasteiger partial charge in [-0.15, -0.1) is 0 Å². The number of hydrogen-bond acceptors (Lipinski definition) is 6. The van der Waals surface area contributed by atoms with Gasteiger partial charge in [0, 0.05) is 29.2 Å². The van der Waals surface area contributed by atoms with Gasteiger partial charge < -0.3 is 14.6 Å². The molecular weight excluding hydrogens is 404 g/mol. The Morgan fingerprint density at radius 2 is 2.08 bits per heavy atom. The number of halogens is 1. The second kappa shape index (κ2) is 9.51. The molecule has 0 fully saturated rings. The number of likely N-dealkylation sites (N-methyl/N-ethyl adjacent to an activating group) is 1. The summed E-state index contributed by atoms with van der Waals surface area (Å²) >= 11 is 3.44. The highest BCUT2D eigenvalue weighted by atomic mass is 79.9. The Balaban J connectivity index is 1.87. The maximum atomic E-state index is 10.8. The summed E-state index contributed by atoms with van der Waals surface area (Å²) in [6, 6.07) is 11.7. The maximum absolute atomic E-state index is 10.8. The van der Waals surface area contributed by atoms with Crippen molar-refractivity contribution in [1.82, 2.24) is 4.90 Å². The van der Waals surface area contributed by atoms with Gasteiger partial charge in [-0.1, -0.05) is 22.0 Å². The van der Waals surface area contributed by atoms with Crippen LogP contribution in [0.15, 0.2) is 46.9 Å². The molecule has 140 valence electrons. The van der Waals surface area contributed by atoms with Crippen LogP contribution in [-0.2, 0) is 6.54 Å². The van der Waals surface area contributed by atoms with Gasteiger partial charge in [0.05, 0.1) is 18.1 Å². The number of ether oxygens (including phenoxy) is 2. The molecule has 0 spiro atoms. The molecule has 0 aliphatic heterocycles. The normalized spacial score (nSPS) is 12.0. The van der Waals surface area contributed by atoms with E-state index in [0.29, 0.717) is 18.8 Å². The molecule has 0 aromatic heterocycles. The highest BCUT2D eigenvalue weighted by Gasteiger charge is 2.13. The number of rotatable bonds is 9. The molecule has 2 aromatic rings. The van der Waals surface area contributed by atoms with Crippen molar-refractivity contribution in [1.29, 1.82) is 0 Å². The van der Waals surface area contributed by atoms with E-state index in [1.165, 1.54) is 12.1 Å². The standard InChI is InChI=1S/C18H21BrN2O5/c1-20(10-13-8-14(19)6-7-18(13)25-2)11-16(22)12-26-17-5-3-4-15(9-17)21(23)24/h3-9,16,22H,10-12H2,1-2H3. The van der Waals surface area contributed by atoms with E-state index in [1.54, 1.807) is 19.2 Å². The predicted molar refractivity (Wildman–Crippen MR) is 102 cm³/mol. The van der Waals surface area contributed by atoms with Crippen LogP contribution in [0.3, 0.4) is 0 Å². The fourth-order valence-corrected chi connectivity index (χ4v) is 2.93. The Bertz CT molecular complexity index is 756. The van der Waals surface area contributed by atoms with E-state index in [-0.39, 0.29) is 12.3 Å². The second-order valence-corrected chi connectivity index (χ2v) is 6.79. The average molecular weight is 425 g/mol. The minimum atomic E-state index is -0.739. The van der Waals surface area contributed by atoms with Crippen molar-refractivity contribution in [3.8, 4) is 11.5 Å². The molecule has 0 aliphatic rings. The summed E-state index contributed by atoms with van der Waals surface area (Å²) in [6.45, 7) is 1.02. The van der Waals surface area contributed by atoms with Crippen molar-refractivity contribution in [2.24, 2.45) is 0 Å². The fraction of sp³-hybridized carbons (Fsp3) is 0.333. The molecule has 0 amide bonds. The molecule has 2 aromatic carbocycles. The van der Waals surface area contributed by atoms with Crippen LogP contribution in [0.4, 0.5) is 5.69 Å². The number of benzene rings is 2. The van der Waals surface area contributed by atoms with Crippen LogP contribution in [0.5, 0.6) is 11.5 Å². The number of aliphatic hydroxyl groups excluding tert-OH is 1.